The van der Waals surface area contributed by atoms with Crippen LogP contribution in [0.4, 0.5) is 0 Å². The maximum Gasteiger partial charge on any atom is 0.226 e. The van der Waals surface area contributed by atoms with Crippen molar-refractivity contribution in [3.63, 3.8) is 0 Å². The van der Waals surface area contributed by atoms with E-state index in [2.05, 4.69) is 15.3 Å². The van der Waals surface area contributed by atoms with Gasteiger partial charge in [0, 0.05) is 23.7 Å². The quantitative estimate of drug-likeness (QED) is 0.701. The monoisotopic (exact) mass is 357 g/mol. The summed E-state index contributed by atoms with van der Waals surface area (Å²) in [7, 11) is 0. The number of aromatic nitrogens is 2. The summed E-state index contributed by atoms with van der Waals surface area (Å²) in [6.07, 6.45) is 1.89. The third-order valence-electron chi connectivity index (χ3n) is 3.45. The summed E-state index contributed by atoms with van der Waals surface area (Å²) in [6, 6.07) is 7.49. The molecule has 25 heavy (non-hydrogen) atoms. The Morgan fingerprint density at radius 2 is 2.24 bits per heavy atom. The van der Waals surface area contributed by atoms with Crippen LogP contribution in [-0.2, 0) is 17.8 Å². The van der Waals surface area contributed by atoms with Crippen molar-refractivity contribution in [2.24, 2.45) is 0 Å². The molecule has 0 fully saturated rings. The molecular formula is C18H19N3O3S. The van der Waals surface area contributed by atoms with Gasteiger partial charge in [-0.3, -0.25) is 4.79 Å². The normalized spacial score (nSPS) is 10.6. The summed E-state index contributed by atoms with van der Waals surface area (Å²) in [6.45, 7) is 4.69. The van der Waals surface area contributed by atoms with E-state index in [4.69, 9.17) is 9.15 Å². The Kier molecular flexibility index (Phi) is 5.45. The van der Waals surface area contributed by atoms with E-state index < -0.39 is 0 Å². The fourth-order valence-corrected chi connectivity index (χ4v) is 3.08. The number of nitrogens with one attached hydrogen (secondary N) is 1. The van der Waals surface area contributed by atoms with Crippen LogP contribution >= 0.6 is 11.3 Å². The average Bonchev–Trinajstić information content (AvgIpc) is 3.23. The van der Waals surface area contributed by atoms with Gasteiger partial charge in [0.2, 0.25) is 11.8 Å². The molecule has 0 aliphatic carbocycles. The van der Waals surface area contributed by atoms with Crippen molar-refractivity contribution >= 4 is 17.2 Å². The van der Waals surface area contributed by atoms with Crippen molar-refractivity contribution in [1.82, 2.24) is 15.3 Å². The molecule has 0 bridgehead atoms. The minimum Gasteiger partial charge on any atom is -0.478 e. The van der Waals surface area contributed by atoms with Crippen molar-refractivity contribution < 1.29 is 13.9 Å². The fraction of sp³-hybridized carbons (Fsp3) is 0.278. The maximum atomic E-state index is 12.2. The number of thiazole rings is 1. The number of pyridine rings is 1. The molecule has 3 heterocycles. The highest BCUT2D eigenvalue weighted by molar-refractivity contribution is 7.13. The second-order valence-electron chi connectivity index (χ2n) is 5.41. The van der Waals surface area contributed by atoms with Gasteiger partial charge in [-0.1, -0.05) is 6.07 Å². The fourth-order valence-electron chi connectivity index (χ4n) is 2.30. The summed E-state index contributed by atoms with van der Waals surface area (Å²) >= 11 is 1.47. The van der Waals surface area contributed by atoms with E-state index in [1.807, 2.05) is 43.5 Å². The van der Waals surface area contributed by atoms with Crippen LogP contribution in [0.1, 0.15) is 23.9 Å². The van der Waals surface area contributed by atoms with Gasteiger partial charge in [0.25, 0.3) is 0 Å². The molecule has 0 spiro atoms. The number of amides is 1. The van der Waals surface area contributed by atoms with Crippen molar-refractivity contribution in [3.8, 4) is 16.6 Å². The van der Waals surface area contributed by atoms with Crippen LogP contribution in [0.3, 0.4) is 0 Å². The second-order valence-corrected chi connectivity index (χ2v) is 6.27. The van der Waals surface area contributed by atoms with Crippen molar-refractivity contribution in [3.05, 3.63) is 52.9 Å². The maximum absolute atomic E-state index is 12.2. The van der Waals surface area contributed by atoms with Gasteiger partial charge >= 0.3 is 0 Å². The Hall–Kier alpha value is -2.67. The van der Waals surface area contributed by atoms with Crippen LogP contribution in [-0.4, -0.2) is 22.5 Å². The molecule has 0 saturated carbocycles. The minimum atomic E-state index is -0.0984. The Bertz CT molecular complexity index is 857. The molecule has 7 heteroatoms. The number of furan rings is 1. The predicted molar refractivity (Wildman–Crippen MR) is 95.5 cm³/mol. The van der Waals surface area contributed by atoms with E-state index in [0.29, 0.717) is 19.0 Å². The molecule has 0 atom stereocenters. The van der Waals surface area contributed by atoms with E-state index in [1.165, 1.54) is 11.3 Å². The summed E-state index contributed by atoms with van der Waals surface area (Å²) in [5.41, 5.74) is 1.57. The highest BCUT2D eigenvalue weighted by Gasteiger charge is 2.12. The molecule has 1 N–H and O–H groups in total. The number of aryl methyl sites for hydroxylation is 1. The first-order valence-electron chi connectivity index (χ1n) is 8.00. The molecule has 3 rings (SSSR count). The molecule has 0 aromatic carbocycles. The van der Waals surface area contributed by atoms with Gasteiger partial charge in [0.05, 0.1) is 18.7 Å². The van der Waals surface area contributed by atoms with Gasteiger partial charge in [-0.2, -0.15) is 0 Å². The van der Waals surface area contributed by atoms with Crippen molar-refractivity contribution in [1.29, 1.82) is 0 Å². The standard InChI is InChI=1S/C18H19N3O3S/c1-3-23-17-13(5-4-8-19-17)10-20-16(22)9-14-11-25-18(21-14)15-7-6-12(2)24-15/h4-8,11H,3,9-10H2,1-2H3,(H,20,22). The molecule has 0 aliphatic rings. The van der Waals surface area contributed by atoms with Gasteiger partial charge in [0.15, 0.2) is 10.8 Å². The average molecular weight is 357 g/mol. The lowest BCUT2D eigenvalue weighted by molar-refractivity contribution is -0.120. The Morgan fingerprint density at radius 3 is 3.00 bits per heavy atom. The van der Waals surface area contributed by atoms with Gasteiger partial charge in [-0.25, -0.2) is 9.97 Å². The third kappa shape index (κ3) is 4.45. The van der Waals surface area contributed by atoms with Crippen LogP contribution in [0.5, 0.6) is 5.88 Å². The van der Waals surface area contributed by atoms with Gasteiger partial charge in [-0.15, -0.1) is 11.3 Å². The Balaban J connectivity index is 1.57. The zero-order valence-electron chi connectivity index (χ0n) is 14.1. The first-order chi connectivity index (χ1) is 12.2. The largest absolute Gasteiger partial charge is 0.478 e. The van der Waals surface area contributed by atoms with E-state index in [-0.39, 0.29) is 12.3 Å². The first-order valence-corrected chi connectivity index (χ1v) is 8.88. The van der Waals surface area contributed by atoms with Crippen LogP contribution in [0, 0.1) is 6.92 Å². The lowest BCUT2D eigenvalue weighted by Crippen LogP contribution is -2.25. The van der Waals surface area contributed by atoms with Crippen molar-refractivity contribution in [2.45, 2.75) is 26.8 Å². The predicted octanol–water partition coefficient (Wildman–Crippen LogP) is 3.36. The zero-order valence-corrected chi connectivity index (χ0v) is 14.9. The number of ether oxygens (including phenoxy) is 1. The van der Waals surface area contributed by atoms with Crippen LogP contribution in [0.15, 0.2) is 40.3 Å². The highest BCUT2D eigenvalue weighted by atomic mass is 32.1. The number of carbonyl (C=O) groups is 1. The molecular weight excluding hydrogens is 338 g/mol. The summed E-state index contributed by atoms with van der Waals surface area (Å²) < 4.78 is 11.0. The number of hydrogen-bond acceptors (Lipinski definition) is 6. The van der Waals surface area contributed by atoms with E-state index in [1.54, 1.807) is 6.20 Å². The molecule has 1 amide bonds. The molecule has 3 aromatic heterocycles. The molecule has 0 radical (unpaired) electrons. The van der Waals surface area contributed by atoms with Gasteiger partial charge < -0.3 is 14.5 Å². The first kappa shape index (κ1) is 17.2. The van der Waals surface area contributed by atoms with E-state index in [9.17, 15) is 4.79 Å². The minimum absolute atomic E-state index is 0.0984. The lowest BCUT2D eigenvalue weighted by atomic mass is 10.2. The molecule has 6 nitrogen and oxygen atoms in total. The lowest BCUT2D eigenvalue weighted by Gasteiger charge is -2.09. The summed E-state index contributed by atoms with van der Waals surface area (Å²) in [5.74, 6) is 2.02. The number of nitrogens with zero attached hydrogens (tertiary/aromatic N) is 2. The highest BCUT2D eigenvalue weighted by Crippen LogP contribution is 2.25. The summed E-state index contributed by atoms with van der Waals surface area (Å²) in [4.78, 5) is 20.8. The number of rotatable bonds is 7. The smallest absolute Gasteiger partial charge is 0.226 e. The van der Waals surface area contributed by atoms with E-state index >= 15 is 0 Å². The summed E-state index contributed by atoms with van der Waals surface area (Å²) in [5, 5.41) is 5.54. The topological polar surface area (TPSA) is 77.2 Å². The van der Waals surface area contributed by atoms with Crippen LogP contribution in [0.2, 0.25) is 0 Å². The molecule has 0 aliphatic heterocycles. The molecule has 130 valence electrons. The van der Waals surface area contributed by atoms with Crippen LogP contribution < -0.4 is 10.1 Å². The van der Waals surface area contributed by atoms with Crippen molar-refractivity contribution in [2.75, 3.05) is 6.61 Å². The zero-order chi connectivity index (χ0) is 17.6. The SMILES string of the molecule is CCOc1ncccc1CNC(=O)Cc1csc(-c2ccc(C)o2)n1. The van der Waals surface area contributed by atoms with E-state index in [0.717, 1.165) is 27.8 Å². The molecule has 0 saturated heterocycles. The Morgan fingerprint density at radius 1 is 1.36 bits per heavy atom. The van der Waals surface area contributed by atoms with Gasteiger partial charge in [0.1, 0.15) is 5.76 Å². The molecule has 3 aromatic rings. The van der Waals surface area contributed by atoms with Crippen LogP contribution in [0.25, 0.3) is 10.8 Å². The Labute approximate surface area is 149 Å². The number of hydrogen-bond donors (Lipinski definition) is 1. The molecule has 0 unspecified atom stereocenters. The third-order valence-corrected chi connectivity index (χ3v) is 4.36. The number of carbonyl (C=O) groups excluding carboxylic acids is 1. The second kappa shape index (κ2) is 7.94. The van der Waals surface area contributed by atoms with Gasteiger partial charge in [-0.05, 0) is 32.0 Å².